The second-order valence-electron chi connectivity index (χ2n) is 17.5. The Balaban J connectivity index is 0.936. The molecule has 60 heavy (non-hydrogen) atoms. The summed E-state index contributed by atoms with van der Waals surface area (Å²) in [6, 6.07) is 19.5. The third-order valence-corrected chi connectivity index (χ3v) is 13.0. The second-order valence-corrected chi connectivity index (χ2v) is 17.5. The lowest BCUT2D eigenvalue weighted by molar-refractivity contribution is -0.137. The van der Waals surface area contributed by atoms with Gasteiger partial charge in [-0.25, -0.2) is 19.6 Å². The fraction of sp³-hybridized carbons (Fsp3) is 0.435. The first-order chi connectivity index (χ1) is 28.9. The monoisotopic (exact) mass is 812 g/mol. The molecule has 4 heterocycles. The molecule has 2 aliphatic carbocycles. The van der Waals surface area contributed by atoms with E-state index in [0.29, 0.717) is 11.8 Å². The highest BCUT2D eigenvalue weighted by molar-refractivity contribution is 6.04. The lowest BCUT2D eigenvalue weighted by Gasteiger charge is -2.31. The SMILES string of the molecule is COC(=O)N[C@H](C(=O)N1C(c2nc(-c3cccc4c(-c5ccc(-c6cnc(C7C[C@H]8C[C@H]8N7C(=O)[C@@H](NC(=O)OC)C(C)C)[nH]6)cc5)cccc34)c[nH]2)C[C@H]2C[C@H]21)C(C)C. The Morgan fingerprint density at radius 3 is 1.75 bits per heavy atom. The summed E-state index contributed by atoms with van der Waals surface area (Å²) in [7, 11) is 2.61. The number of aromatic amines is 2. The van der Waals surface area contributed by atoms with Gasteiger partial charge in [0.2, 0.25) is 11.8 Å². The highest BCUT2D eigenvalue weighted by atomic mass is 16.5. The van der Waals surface area contributed by atoms with Crippen LogP contribution in [-0.4, -0.2) is 92.1 Å². The number of carbonyl (C=O) groups excluding carboxylic acids is 4. The normalized spacial score (nSPS) is 23.6. The largest absolute Gasteiger partial charge is 0.453 e. The van der Waals surface area contributed by atoms with Crippen LogP contribution in [0.2, 0.25) is 0 Å². The molecule has 2 saturated heterocycles. The molecule has 8 atom stereocenters. The van der Waals surface area contributed by atoms with Gasteiger partial charge < -0.3 is 39.9 Å². The number of hydrogen-bond donors (Lipinski definition) is 4. The molecule has 0 spiro atoms. The molecule has 4 N–H and O–H groups in total. The van der Waals surface area contributed by atoms with Crippen molar-refractivity contribution >= 4 is 34.8 Å². The Labute approximate surface area is 348 Å². The van der Waals surface area contributed by atoms with Gasteiger partial charge in [0.1, 0.15) is 23.7 Å². The molecule has 312 valence electrons. The Kier molecular flexibility index (Phi) is 10.1. The van der Waals surface area contributed by atoms with Gasteiger partial charge in [0.15, 0.2) is 0 Å². The van der Waals surface area contributed by atoms with Gasteiger partial charge >= 0.3 is 12.2 Å². The first-order valence-corrected chi connectivity index (χ1v) is 21.0. The van der Waals surface area contributed by atoms with Crippen molar-refractivity contribution < 1.29 is 28.7 Å². The number of rotatable bonds is 11. The molecule has 9 rings (SSSR count). The van der Waals surface area contributed by atoms with Crippen LogP contribution in [0.5, 0.6) is 0 Å². The number of H-pyrrole nitrogens is 2. The average molecular weight is 813 g/mol. The summed E-state index contributed by atoms with van der Waals surface area (Å²) in [5.74, 6) is 1.94. The number of amides is 4. The topological polar surface area (TPSA) is 175 Å². The van der Waals surface area contributed by atoms with E-state index in [4.69, 9.17) is 19.4 Å². The van der Waals surface area contributed by atoms with Crippen molar-refractivity contribution in [2.45, 2.75) is 89.6 Å². The van der Waals surface area contributed by atoms with Crippen LogP contribution in [0.15, 0.2) is 73.1 Å². The molecular formula is C46H52N8O6. The van der Waals surface area contributed by atoms with Gasteiger partial charge in [-0.2, -0.15) is 0 Å². The van der Waals surface area contributed by atoms with Crippen molar-refractivity contribution in [1.82, 2.24) is 40.4 Å². The number of alkyl carbamates (subject to hydrolysis) is 2. The van der Waals surface area contributed by atoms with E-state index in [9.17, 15) is 19.2 Å². The number of likely N-dealkylation sites (tertiary alicyclic amines) is 2. The second kappa shape index (κ2) is 15.4. The van der Waals surface area contributed by atoms with Crippen molar-refractivity contribution in [1.29, 1.82) is 0 Å². The summed E-state index contributed by atoms with van der Waals surface area (Å²) in [4.78, 5) is 72.7. The van der Waals surface area contributed by atoms with Crippen LogP contribution < -0.4 is 10.6 Å². The van der Waals surface area contributed by atoms with Crippen LogP contribution in [0.1, 0.15) is 77.1 Å². The number of piperidine rings is 2. The summed E-state index contributed by atoms with van der Waals surface area (Å²) in [6.07, 6.45) is 6.13. The highest BCUT2D eigenvalue weighted by Crippen LogP contribution is 2.54. The van der Waals surface area contributed by atoms with Crippen molar-refractivity contribution in [3.8, 4) is 33.6 Å². The maximum absolute atomic E-state index is 13.9. The summed E-state index contributed by atoms with van der Waals surface area (Å²) in [5.41, 5.74) is 5.80. The molecule has 14 nitrogen and oxygen atoms in total. The molecule has 3 aromatic carbocycles. The van der Waals surface area contributed by atoms with E-state index in [0.717, 1.165) is 81.7 Å². The number of imidazole rings is 2. The van der Waals surface area contributed by atoms with Gasteiger partial charge in [-0.1, -0.05) is 88.4 Å². The average Bonchev–Trinajstić information content (AvgIpc) is 3.84. The first-order valence-electron chi connectivity index (χ1n) is 21.0. The maximum Gasteiger partial charge on any atom is 0.407 e. The number of ether oxygens (including phenoxy) is 2. The smallest absolute Gasteiger partial charge is 0.407 e. The number of hydrogen-bond acceptors (Lipinski definition) is 8. The Bertz CT molecular complexity index is 2460. The Morgan fingerprint density at radius 1 is 0.683 bits per heavy atom. The molecular weight excluding hydrogens is 761 g/mol. The van der Waals surface area contributed by atoms with Crippen molar-refractivity contribution in [2.75, 3.05) is 14.2 Å². The molecule has 0 bridgehead atoms. The number of benzene rings is 3. The van der Waals surface area contributed by atoms with Crippen LogP contribution in [0.3, 0.4) is 0 Å². The molecule has 4 amide bonds. The lowest BCUT2D eigenvalue weighted by Crippen LogP contribution is -2.52. The maximum atomic E-state index is 13.9. The molecule has 2 unspecified atom stereocenters. The summed E-state index contributed by atoms with van der Waals surface area (Å²) >= 11 is 0. The number of nitrogens with zero attached hydrogens (tertiary/aromatic N) is 4. The number of methoxy groups -OCH3 is 2. The fourth-order valence-corrected chi connectivity index (χ4v) is 9.67. The first kappa shape index (κ1) is 39.3. The van der Waals surface area contributed by atoms with Gasteiger partial charge in [-0.3, -0.25) is 9.59 Å². The van der Waals surface area contributed by atoms with Crippen molar-refractivity contribution in [3.05, 3.63) is 84.7 Å². The van der Waals surface area contributed by atoms with Gasteiger partial charge in [-0.15, -0.1) is 0 Å². The molecule has 0 radical (unpaired) electrons. The number of aromatic nitrogens is 4. The number of nitrogens with one attached hydrogen (secondary N) is 4. The van der Waals surface area contributed by atoms with E-state index in [2.05, 4.69) is 81.3 Å². The number of carbonyl (C=O) groups is 4. The van der Waals surface area contributed by atoms with Gasteiger partial charge in [0, 0.05) is 23.8 Å². The minimum absolute atomic E-state index is 0.103. The molecule has 2 aromatic heterocycles. The van der Waals surface area contributed by atoms with E-state index >= 15 is 0 Å². The Morgan fingerprint density at radius 2 is 1.20 bits per heavy atom. The number of fused-ring (bicyclic) bond motifs is 3. The van der Waals surface area contributed by atoms with Gasteiger partial charge in [0.25, 0.3) is 0 Å². The minimum atomic E-state index is -0.691. The summed E-state index contributed by atoms with van der Waals surface area (Å²) in [6.45, 7) is 7.69. The van der Waals surface area contributed by atoms with Crippen molar-refractivity contribution in [2.24, 2.45) is 23.7 Å². The van der Waals surface area contributed by atoms with Crippen molar-refractivity contribution in [3.63, 3.8) is 0 Å². The van der Waals surface area contributed by atoms with Crippen LogP contribution in [0, 0.1) is 23.7 Å². The Hall–Kier alpha value is -6.18. The zero-order chi connectivity index (χ0) is 42.0. The molecule has 4 fully saturated rings. The van der Waals surface area contributed by atoms with Crippen LogP contribution in [0.25, 0.3) is 44.4 Å². The fourth-order valence-electron chi connectivity index (χ4n) is 9.67. The minimum Gasteiger partial charge on any atom is -0.453 e. The summed E-state index contributed by atoms with van der Waals surface area (Å²) in [5, 5.41) is 7.65. The van der Waals surface area contributed by atoms with Gasteiger partial charge in [-0.05, 0) is 76.8 Å². The van der Waals surface area contributed by atoms with E-state index in [1.54, 1.807) is 0 Å². The quantitative estimate of drug-likeness (QED) is 0.107. The lowest BCUT2D eigenvalue weighted by atomic mass is 9.94. The van der Waals surface area contributed by atoms with Crippen LogP contribution >= 0.6 is 0 Å². The predicted octanol–water partition coefficient (Wildman–Crippen LogP) is 7.37. The molecule has 14 heteroatoms. The molecule has 4 aliphatic rings. The molecule has 2 saturated carbocycles. The van der Waals surface area contributed by atoms with E-state index in [-0.39, 0.29) is 47.8 Å². The zero-order valence-corrected chi connectivity index (χ0v) is 34.8. The molecule has 2 aliphatic heterocycles. The van der Waals surface area contributed by atoms with E-state index in [1.807, 2.05) is 49.9 Å². The third-order valence-electron chi connectivity index (χ3n) is 13.0. The van der Waals surface area contributed by atoms with Gasteiger partial charge in [0.05, 0.1) is 43.9 Å². The van der Waals surface area contributed by atoms with E-state index in [1.165, 1.54) is 14.2 Å². The third kappa shape index (κ3) is 7.05. The predicted molar refractivity (Wildman–Crippen MR) is 225 cm³/mol. The van der Waals surface area contributed by atoms with Crippen LogP contribution in [-0.2, 0) is 19.1 Å². The standard InChI is InChI=1S/C46H52N8O6/c1-23(2)39(51-45(57)59-5)43(55)53-35-17-27(35)19-37(53)41-47-21-33(49-41)26-15-13-25(14-16-26)29-9-7-11-31-30(29)10-8-12-32(31)34-22-48-42(50-34)38-20-28-18-36(28)54(38)44(56)40(24(3)4)52-46(58)60-6/h7-16,21-24,27-28,35-40H,17-20H2,1-6H3,(H,47,49)(H,48,50)(H,51,57)(H,52,58)/t27-,28-,35-,36-,37?,38?,39+,40+/m1/s1. The zero-order valence-electron chi connectivity index (χ0n) is 34.8. The van der Waals surface area contributed by atoms with Crippen LogP contribution in [0.4, 0.5) is 9.59 Å². The summed E-state index contributed by atoms with van der Waals surface area (Å²) < 4.78 is 9.64. The highest BCUT2D eigenvalue weighted by Gasteiger charge is 2.57. The van der Waals surface area contributed by atoms with E-state index < -0.39 is 24.3 Å². The molecule has 5 aromatic rings.